The molecule has 0 radical (unpaired) electrons. The molecule has 1 saturated heterocycles. The lowest BCUT2D eigenvalue weighted by Crippen LogP contribution is -2.45. The maximum Gasteiger partial charge on any atom is 0.0181 e. The predicted octanol–water partition coefficient (Wildman–Crippen LogP) is 7.20. The Kier molecular flexibility index (Phi) is 9.82. The van der Waals surface area contributed by atoms with E-state index in [1.165, 1.54) is 96.6 Å². The fourth-order valence-corrected chi connectivity index (χ4v) is 4.23. The van der Waals surface area contributed by atoms with E-state index in [2.05, 4.69) is 39.5 Å². The topological polar surface area (TPSA) is 3.24 Å². The second-order valence-electron chi connectivity index (χ2n) is 9.16. The fraction of sp³-hybridized carbons (Fsp3) is 1.00. The molecule has 1 heterocycles. The normalized spacial score (nSPS) is 18.7. The molecule has 0 N–H and O–H groups in total. The smallest absolute Gasteiger partial charge is 0.0181 e. The van der Waals surface area contributed by atoms with Crippen molar-refractivity contribution in [3.63, 3.8) is 0 Å². The molecule has 0 saturated carbocycles. The third kappa shape index (κ3) is 8.05. The minimum atomic E-state index is 0.464. The maximum atomic E-state index is 2.85. The quantitative estimate of drug-likeness (QED) is 0.324. The molecular formula is C22H45N. The SMILES string of the molecule is CCCCCCCC(C)(CCCCCCC)N1CCC(C)(C)C1. The lowest BCUT2D eigenvalue weighted by atomic mass is 9.86. The van der Waals surface area contributed by atoms with Gasteiger partial charge >= 0.3 is 0 Å². The van der Waals surface area contributed by atoms with E-state index < -0.39 is 0 Å². The molecular weight excluding hydrogens is 278 g/mol. The van der Waals surface area contributed by atoms with Gasteiger partial charge in [0.25, 0.3) is 0 Å². The van der Waals surface area contributed by atoms with Gasteiger partial charge in [-0.1, -0.05) is 91.9 Å². The molecule has 0 spiro atoms. The minimum absolute atomic E-state index is 0.464. The molecule has 0 aromatic heterocycles. The molecule has 23 heavy (non-hydrogen) atoms. The Hall–Kier alpha value is -0.0400. The third-order valence-corrected chi connectivity index (χ3v) is 6.08. The Labute approximate surface area is 147 Å². The van der Waals surface area contributed by atoms with Gasteiger partial charge in [0, 0.05) is 12.1 Å². The first-order chi connectivity index (χ1) is 10.9. The van der Waals surface area contributed by atoms with Gasteiger partial charge in [0.05, 0.1) is 0 Å². The van der Waals surface area contributed by atoms with Gasteiger partial charge in [0.15, 0.2) is 0 Å². The van der Waals surface area contributed by atoms with Crippen molar-refractivity contribution in [1.29, 1.82) is 0 Å². The van der Waals surface area contributed by atoms with E-state index in [4.69, 9.17) is 0 Å². The molecule has 0 unspecified atom stereocenters. The van der Waals surface area contributed by atoms with E-state index in [1.54, 1.807) is 0 Å². The van der Waals surface area contributed by atoms with Crippen molar-refractivity contribution in [3.8, 4) is 0 Å². The summed E-state index contributed by atoms with van der Waals surface area (Å²) in [5.74, 6) is 0. The van der Waals surface area contributed by atoms with Crippen LogP contribution in [0, 0.1) is 5.41 Å². The zero-order valence-electron chi connectivity index (χ0n) is 17.1. The van der Waals surface area contributed by atoms with Crippen molar-refractivity contribution < 1.29 is 0 Å². The van der Waals surface area contributed by atoms with Gasteiger partial charge in [-0.3, -0.25) is 4.90 Å². The van der Waals surface area contributed by atoms with Crippen molar-refractivity contribution in [3.05, 3.63) is 0 Å². The van der Waals surface area contributed by atoms with Gasteiger partial charge in [-0.05, 0) is 38.1 Å². The summed E-state index contributed by atoms with van der Waals surface area (Å²) in [5.41, 5.74) is 0.998. The van der Waals surface area contributed by atoms with Crippen LogP contribution in [-0.4, -0.2) is 23.5 Å². The second kappa shape index (κ2) is 10.7. The minimum Gasteiger partial charge on any atom is -0.297 e. The number of nitrogens with zero attached hydrogens (tertiary/aromatic N) is 1. The Bertz CT molecular complexity index is 280. The number of likely N-dealkylation sites (tertiary alicyclic amines) is 1. The van der Waals surface area contributed by atoms with Crippen LogP contribution < -0.4 is 0 Å². The summed E-state index contributed by atoms with van der Waals surface area (Å²) in [4.78, 5) is 2.85. The highest BCUT2D eigenvalue weighted by atomic mass is 15.2. The average Bonchev–Trinajstić information content (AvgIpc) is 2.88. The summed E-state index contributed by atoms with van der Waals surface area (Å²) < 4.78 is 0. The third-order valence-electron chi connectivity index (χ3n) is 6.08. The standard InChI is InChI=1S/C22H45N/c1-6-8-10-12-14-16-22(5,17-15-13-11-9-7-2)23-19-18-21(3,4)20-23/h6-20H2,1-5H3. The van der Waals surface area contributed by atoms with Gasteiger partial charge in [-0.25, -0.2) is 0 Å². The van der Waals surface area contributed by atoms with Gasteiger partial charge < -0.3 is 0 Å². The molecule has 138 valence electrons. The first-order valence-corrected chi connectivity index (χ1v) is 10.7. The molecule has 0 aromatic rings. The summed E-state index contributed by atoms with van der Waals surface area (Å²) in [6, 6.07) is 0. The summed E-state index contributed by atoms with van der Waals surface area (Å²) in [6.07, 6.45) is 18.4. The van der Waals surface area contributed by atoms with Crippen LogP contribution in [0.5, 0.6) is 0 Å². The highest BCUT2D eigenvalue weighted by molar-refractivity contribution is 4.94. The number of unbranched alkanes of at least 4 members (excludes halogenated alkanes) is 8. The van der Waals surface area contributed by atoms with E-state index in [0.717, 1.165) is 0 Å². The molecule has 1 aliphatic heterocycles. The number of hydrogen-bond donors (Lipinski definition) is 0. The van der Waals surface area contributed by atoms with E-state index in [0.29, 0.717) is 11.0 Å². The first kappa shape index (κ1) is 21.0. The summed E-state index contributed by atoms with van der Waals surface area (Å²) in [7, 11) is 0. The monoisotopic (exact) mass is 323 g/mol. The van der Waals surface area contributed by atoms with Crippen LogP contribution in [-0.2, 0) is 0 Å². The molecule has 1 nitrogen and oxygen atoms in total. The van der Waals surface area contributed by atoms with Crippen molar-refractivity contribution in [1.82, 2.24) is 4.90 Å². The van der Waals surface area contributed by atoms with E-state index >= 15 is 0 Å². The molecule has 1 fully saturated rings. The highest BCUT2D eigenvalue weighted by Crippen LogP contribution is 2.38. The molecule has 0 aromatic carbocycles. The lowest BCUT2D eigenvalue weighted by Gasteiger charge is -2.40. The van der Waals surface area contributed by atoms with Gasteiger partial charge in [-0.2, -0.15) is 0 Å². The second-order valence-corrected chi connectivity index (χ2v) is 9.16. The fourth-order valence-electron chi connectivity index (χ4n) is 4.23. The summed E-state index contributed by atoms with van der Waals surface area (Å²) in [6.45, 7) is 14.8. The molecule has 0 atom stereocenters. The molecule has 0 bridgehead atoms. The van der Waals surface area contributed by atoms with E-state index in [9.17, 15) is 0 Å². The van der Waals surface area contributed by atoms with Crippen LogP contribution in [0.15, 0.2) is 0 Å². The summed E-state index contributed by atoms with van der Waals surface area (Å²) in [5, 5.41) is 0. The summed E-state index contributed by atoms with van der Waals surface area (Å²) >= 11 is 0. The Morgan fingerprint density at radius 3 is 1.65 bits per heavy atom. The molecule has 0 aliphatic carbocycles. The van der Waals surface area contributed by atoms with Crippen LogP contribution >= 0.6 is 0 Å². The first-order valence-electron chi connectivity index (χ1n) is 10.7. The number of rotatable bonds is 13. The van der Waals surface area contributed by atoms with Crippen molar-refractivity contribution in [2.24, 2.45) is 5.41 Å². The Morgan fingerprint density at radius 2 is 1.26 bits per heavy atom. The van der Waals surface area contributed by atoms with Gasteiger partial charge in [-0.15, -0.1) is 0 Å². The molecule has 1 aliphatic rings. The van der Waals surface area contributed by atoms with Crippen molar-refractivity contribution >= 4 is 0 Å². The van der Waals surface area contributed by atoms with Crippen molar-refractivity contribution in [2.75, 3.05) is 13.1 Å². The Morgan fingerprint density at radius 1 is 0.783 bits per heavy atom. The molecule has 1 heteroatoms. The van der Waals surface area contributed by atoms with Gasteiger partial charge in [0.2, 0.25) is 0 Å². The van der Waals surface area contributed by atoms with Crippen LogP contribution in [0.1, 0.15) is 118 Å². The van der Waals surface area contributed by atoms with Crippen LogP contribution in [0.3, 0.4) is 0 Å². The number of hydrogen-bond acceptors (Lipinski definition) is 1. The van der Waals surface area contributed by atoms with Crippen LogP contribution in [0.25, 0.3) is 0 Å². The maximum absolute atomic E-state index is 2.85. The molecule has 0 amide bonds. The predicted molar refractivity (Wildman–Crippen MR) is 105 cm³/mol. The Balaban J connectivity index is 2.46. The van der Waals surface area contributed by atoms with E-state index in [-0.39, 0.29) is 0 Å². The molecule has 1 rings (SSSR count). The zero-order chi connectivity index (χ0) is 17.2. The van der Waals surface area contributed by atoms with E-state index in [1.807, 2.05) is 0 Å². The van der Waals surface area contributed by atoms with Gasteiger partial charge in [0.1, 0.15) is 0 Å². The van der Waals surface area contributed by atoms with Crippen LogP contribution in [0.4, 0.5) is 0 Å². The average molecular weight is 324 g/mol. The lowest BCUT2D eigenvalue weighted by molar-refractivity contribution is 0.0957. The highest BCUT2D eigenvalue weighted by Gasteiger charge is 2.39. The zero-order valence-corrected chi connectivity index (χ0v) is 17.1. The van der Waals surface area contributed by atoms with Crippen LogP contribution in [0.2, 0.25) is 0 Å². The largest absolute Gasteiger partial charge is 0.297 e. The van der Waals surface area contributed by atoms with Crippen molar-refractivity contribution in [2.45, 2.75) is 124 Å².